The number of amides is 1. The van der Waals surface area contributed by atoms with Gasteiger partial charge in [-0.3, -0.25) is 14.7 Å². The van der Waals surface area contributed by atoms with Crippen molar-refractivity contribution in [3.8, 4) is 0 Å². The SMILES string of the molecule is C[C@H](O)CN1CCN(C(=O)CCc2ccncc2)CC1. The Hall–Kier alpha value is -1.46. The highest BCUT2D eigenvalue weighted by Gasteiger charge is 2.21. The summed E-state index contributed by atoms with van der Waals surface area (Å²) >= 11 is 0. The zero-order chi connectivity index (χ0) is 14.4. The van der Waals surface area contributed by atoms with E-state index in [1.165, 1.54) is 0 Å². The molecule has 1 aliphatic rings. The lowest BCUT2D eigenvalue weighted by Gasteiger charge is -2.35. The lowest BCUT2D eigenvalue weighted by atomic mass is 10.1. The van der Waals surface area contributed by atoms with Crippen molar-refractivity contribution in [1.29, 1.82) is 0 Å². The van der Waals surface area contributed by atoms with Gasteiger partial charge in [0.15, 0.2) is 0 Å². The molecule has 110 valence electrons. The summed E-state index contributed by atoms with van der Waals surface area (Å²) in [5.41, 5.74) is 1.15. The number of β-amino-alcohol motifs (C(OH)–C–C–N with tert-alkyl or cyclic N) is 1. The minimum atomic E-state index is -0.302. The topological polar surface area (TPSA) is 56.7 Å². The van der Waals surface area contributed by atoms with Crippen LogP contribution in [0, 0.1) is 0 Å². The molecule has 5 heteroatoms. The second-order valence-corrected chi connectivity index (χ2v) is 5.39. The molecule has 1 aromatic heterocycles. The summed E-state index contributed by atoms with van der Waals surface area (Å²) in [6, 6.07) is 3.90. The molecule has 1 N–H and O–H groups in total. The number of nitrogens with zero attached hydrogens (tertiary/aromatic N) is 3. The number of hydrogen-bond acceptors (Lipinski definition) is 4. The standard InChI is InChI=1S/C15H23N3O2/c1-13(19)12-17-8-10-18(11-9-17)15(20)3-2-14-4-6-16-7-5-14/h4-7,13,19H,2-3,8-12H2,1H3/t13-/m0/s1. The number of carbonyl (C=O) groups excluding carboxylic acids is 1. The number of carbonyl (C=O) groups is 1. The maximum absolute atomic E-state index is 12.1. The predicted octanol–water partition coefficient (Wildman–Crippen LogP) is 0.539. The third-order valence-corrected chi connectivity index (χ3v) is 3.62. The first kappa shape index (κ1) is 14.9. The van der Waals surface area contributed by atoms with Gasteiger partial charge in [0, 0.05) is 51.5 Å². The fourth-order valence-corrected chi connectivity index (χ4v) is 2.51. The summed E-state index contributed by atoms with van der Waals surface area (Å²) in [4.78, 5) is 20.3. The van der Waals surface area contributed by atoms with Crippen LogP contribution >= 0.6 is 0 Å². The molecule has 5 nitrogen and oxygen atoms in total. The Labute approximate surface area is 120 Å². The second kappa shape index (κ2) is 7.36. The number of hydrogen-bond donors (Lipinski definition) is 1. The van der Waals surface area contributed by atoms with Crippen molar-refractivity contribution in [3.63, 3.8) is 0 Å². The molecule has 0 bridgehead atoms. The fraction of sp³-hybridized carbons (Fsp3) is 0.600. The van der Waals surface area contributed by atoms with Gasteiger partial charge in [-0.15, -0.1) is 0 Å². The van der Waals surface area contributed by atoms with Crippen LogP contribution in [-0.4, -0.2) is 64.6 Å². The first-order chi connectivity index (χ1) is 9.65. The van der Waals surface area contributed by atoms with Gasteiger partial charge in [-0.2, -0.15) is 0 Å². The van der Waals surface area contributed by atoms with Crippen LogP contribution in [0.2, 0.25) is 0 Å². The fourth-order valence-electron chi connectivity index (χ4n) is 2.51. The van der Waals surface area contributed by atoms with Gasteiger partial charge >= 0.3 is 0 Å². The third-order valence-electron chi connectivity index (χ3n) is 3.62. The summed E-state index contributed by atoms with van der Waals surface area (Å²) < 4.78 is 0. The van der Waals surface area contributed by atoms with Gasteiger partial charge in [0.2, 0.25) is 5.91 Å². The second-order valence-electron chi connectivity index (χ2n) is 5.39. The van der Waals surface area contributed by atoms with Crippen molar-refractivity contribution >= 4 is 5.91 Å². The summed E-state index contributed by atoms with van der Waals surface area (Å²) in [7, 11) is 0. The molecule has 0 aromatic carbocycles. The van der Waals surface area contributed by atoms with E-state index in [4.69, 9.17) is 0 Å². The molecule has 1 aromatic rings. The molecular weight excluding hydrogens is 254 g/mol. The van der Waals surface area contributed by atoms with Crippen LogP contribution in [0.25, 0.3) is 0 Å². The number of piperazine rings is 1. The Balaban J connectivity index is 1.72. The van der Waals surface area contributed by atoms with E-state index in [0.29, 0.717) is 13.0 Å². The molecule has 0 radical (unpaired) electrons. The molecule has 0 aliphatic carbocycles. The predicted molar refractivity (Wildman–Crippen MR) is 77.3 cm³/mol. The van der Waals surface area contributed by atoms with Gasteiger partial charge in [0.1, 0.15) is 0 Å². The van der Waals surface area contributed by atoms with E-state index < -0.39 is 0 Å². The molecule has 0 spiro atoms. The zero-order valence-corrected chi connectivity index (χ0v) is 12.0. The molecule has 20 heavy (non-hydrogen) atoms. The van der Waals surface area contributed by atoms with E-state index in [9.17, 15) is 9.90 Å². The molecule has 1 atom stereocenters. The van der Waals surface area contributed by atoms with Crippen LogP contribution in [0.4, 0.5) is 0 Å². The largest absolute Gasteiger partial charge is 0.392 e. The number of rotatable bonds is 5. The van der Waals surface area contributed by atoms with Crippen molar-refractivity contribution in [1.82, 2.24) is 14.8 Å². The number of pyridine rings is 1. The average Bonchev–Trinajstić information content (AvgIpc) is 2.46. The minimum Gasteiger partial charge on any atom is -0.392 e. The van der Waals surface area contributed by atoms with Crippen LogP contribution in [-0.2, 0) is 11.2 Å². The van der Waals surface area contributed by atoms with Crippen molar-refractivity contribution < 1.29 is 9.90 Å². The van der Waals surface area contributed by atoms with Gasteiger partial charge in [0.25, 0.3) is 0 Å². The van der Waals surface area contributed by atoms with Gasteiger partial charge in [-0.25, -0.2) is 0 Å². The monoisotopic (exact) mass is 277 g/mol. The third kappa shape index (κ3) is 4.58. The van der Waals surface area contributed by atoms with E-state index in [2.05, 4.69) is 9.88 Å². The molecule has 0 unspecified atom stereocenters. The molecule has 2 heterocycles. The number of aromatic nitrogens is 1. The minimum absolute atomic E-state index is 0.221. The molecule has 1 fully saturated rings. The van der Waals surface area contributed by atoms with E-state index in [0.717, 1.165) is 38.2 Å². The lowest BCUT2D eigenvalue weighted by Crippen LogP contribution is -2.50. The van der Waals surface area contributed by atoms with E-state index >= 15 is 0 Å². The van der Waals surface area contributed by atoms with Gasteiger partial charge in [0.05, 0.1) is 6.10 Å². The molecule has 1 saturated heterocycles. The number of aliphatic hydroxyl groups excluding tert-OH is 1. The lowest BCUT2D eigenvalue weighted by molar-refractivity contribution is -0.133. The summed E-state index contributed by atoms with van der Waals surface area (Å²) in [6.45, 7) is 5.73. The Morgan fingerprint density at radius 1 is 1.30 bits per heavy atom. The van der Waals surface area contributed by atoms with Crippen molar-refractivity contribution in [2.45, 2.75) is 25.9 Å². The maximum Gasteiger partial charge on any atom is 0.222 e. The molecule has 2 rings (SSSR count). The van der Waals surface area contributed by atoms with Crippen LogP contribution < -0.4 is 0 Å². The normalized spacial score (nSPS) is 18.0. The highest BCUT2D eigenvalue weighted by Crippen LogP contribution is 2.07. The summed E-state index contributed by atoms with van der Waals surface area (Å²) in [6.07, 6.45) is 4.54. The van der Waals surface area contributed by atoms with Crippen molar-refractivity contribution in [3.05, 3.63) is 30.1 Å². The summed E-state index contributed by atoms with van der Waals surface area (Å²) in [5, 5.41) is 9.36. The summed E-state index contributed by atoms with van der Waals surface area (Å²) in [5.74, 6) is 0.221. The Bertz CT molecular complexity index is 414. The number of aryl methyl sites for hydroxylation is 1. The molecule has 1 amide bonds. The molecule has 1 aliphatic heterocycles. The van der Waals surface area contributed by atoms with E-state index in [1.54, 1.807) is 19.3 Å². The van der Waals surface area contributed by atoms with Crippen molar-refractivity contribution in [2.75, 3.05) is 32.7 Å². The van der Waals surface area contributed by atoms with Crippen LogP contribution in [0.1, 0.15) is 18.9 Å². The Morgan fingerprint density at radius 2 is 1.95 bits per heavy atom. The van der Waals surface area contributed by atoms with Gasteiger partial charge in [-0.1, -0.05) is 0 Å². The molecular formula is C15H23N3O2. The highest BCUT2D eigenvalue weighted by atomic mass is 16.3. The first-order valence-electron chi connectivity index (χ1n) is 7.22. The van der Waals surface area contributed by atoms with Crippen molar-refractivity contribution in [2.24, 2.45) is 0 Å². The van der Waals surface area contributed by atoms with E-state index in [-0.39, 0.29) is 12.0 Å². The maximum atomic E-state index is 12.1. The number of aliphatic hydroxyl groups is 1. The van der Waals surface area contributed by atoms with Crippen LogP contribution in [0.5, 0.6) is 0 Å². The van der Waals surface area contributed by atoms with Gasteiger partial charge in [-0.05, 0) is 31.0 Å². The zero-order valence-electron chi connectivity index (χ0n) is 12.0. The molecule has 0 saturated carbocycles. The van der Waals surface area contributed by atoms with Crippen LogP contribution in [0.15, 0.2) is 24.5 Å². The Kier molecular flexibility index (Phi) is 5.49. The average molecular weight is 277 g/mol. The van der Waals surface area contributed by atoms with Crippen LogP contribution in [0.3, 0.4) is 0 Å². The van der Waals surface area contributed by atoms with Gasteiger partial charge < -0.3 is 10.0 Å². The quantitative estimate of drug-likeness (QED) is 0.853. The highest BCUT2D eigenvalue weighted by molar-refractivity contribution is 5.76. The smallest absolute Gasteiger partial charge is 0.222 e. The first-order valence-corrected chi connectivity index (χ1v) is 7.22. The van der Waals surface area contributed by atoms with E-state index in [1.807, 2.05) is 17.0 Å². The Morgan fingerprint density at radius 3 is 2.55 bits per heavy atom.